The molecule has 0 N–H and O–H groups in total. The van der Waals surface area contributed by atoms with Crippen LogP contribution in [0.1, 0.15) is 0 Å². The molecule has 0 nitrogen and oxygen atoms in total. The van der Waals surface area contributed by atoms with E-state index in [9.17, 15) is 0 Å². The monoisotopic (exact) mass is 556 g/mol. The van der Waals surface area contributed by atoms with Crippen molar-refractivity contribution in [2.75, 3.05) is 0 Å². The number of rotatable bonds is 3. The second-order valence-corrected chi connectivity index (χ2v) is 11.7. The van der Waals surface area contributed by atoms with Gasteiger partial charge in [-0.25, -0.2) is 0 Å². The summed E-state index contributed by atoms with van der Waals surface area (Å²) in [6, 6.07) is 62.3. The van der Waals surface area contributed by atoms with Gasteiger partial charge in [0.1, 0.15) is 0 Å². The Hall–Kier alpha value is -5.72. The Kier molecular flexibility index (Phi) is 5.61. The van der Waals surface area contributed by atoms with Crippen LogP contribution in [0.25, 0.3) is 87.2 Å². The molecule has 0 fully saturated rings. The van der Waals surface area contributed by atoms with Crippen molar-refractivity contribution in [2.45, 2.75) is 0 Å². The lowest BCUT2D eigenvalue weighted by Crippen LogP contribution is -1.91. The largest absolute Gasteiger partial charge is 0.0616 e. The highest BCUT2D eigenvalue weighted by Gasteiger charge is 2.17. The van der Waals surface area contributed by atoms with Gasteiger partial charge in [0.15, 0.2) is 0 Å². The number of benzene rings is 9. The first-order valence-electron chi connectivity index (χ1n) is 15.3. The molecule has 0 heteroatoms. The van der Waals surface area contributed by atoms with Crippen molar-refractivity contribution in [3.63, 3.8) is 0 Å². The normalized spacial score (nSPS) is 11.6. The summed E-state index contributed by atoms with van der Waals surface area (Å²) in [5, 5.41) is 12.8. The Morgan fingerprint density at radius 1 is 0.227 bits per heavy atom. The lowest BCUT2D eigenvalue weighted by molar-refractivity contribution is 1.63. The molecular formula is C44H28. The molecule has 0 saturated heterocycles. The third-order valence-electron chi connectivity index (χ3n) is 9.24. The van der Waals surface area contributed by atoms with Crippen LogP contribution in [-0.4, -0.2) is 0 Å². The average molecular weight is 557 g/mol. The summed E-state index contributed by atoms with van der Waals surface area (Å²) >= 11 is 0. The molecule has 0 aliphatic carbocycles. The summed E-state index contributed by atoms with van der Waals surface area (Å²) in [6.45, 7) is 0. The second kappa shape index (κ2) is 9.93. The molecule has 0 atom stereocenters. The van der Waals surface area contributed by atoms with Crippen molar-refractivity contribution in [2.24, 2.45) is 0 Å². The molecule has 9 aromatic carbocycles. The van der Waals surface area contributed by atoms with E-state index in [-0.39, 0.29) is 0 Å². The van der Waals surface area contributed by atoms with E-state index in [4.69, 9.17) is 0 Å². The highest BCUT2D eigenvalue weighted by Crippen LogP contribution is 2.45. The third kappa shape index (κ3) is 3.85. The van der Waals surface area contributed by atoms with Crippen LogP contribution in [-0.2, 0) is 0 Å². The highest BCUT2D eigenvalue weighted by molar-refractivity contribution is 6.22. The quantitative estimate of drug-likeness (QED) is 0.150. The average Bonchev–Trinajstić information content (AvgIpc) is 3.10. The topological polar surface area (TPSA) is 0 Å². The fourth-order valence-corrected chi connectivity index (χ4v) is 7.20. The Labute approximate surface area is 256 Å². The molecule has 0 bridgehead atoms. The van der Waals surface area contributed by atoms with Gasteiger partial charge in [-0.3, -0.25) is 0 Å². The minimum absolute atomic E-state index is 1.23. The Morgan fingerprint density at radius 2 is 0.636 bits per heavy atom. The molecule has 0 heterocycles. The zero-order valence-electron chi connectivity index (χ0n) is 24.2. The SMILES string of the molecule is c1ccc2c(-c3ccc(-c4c5ccccc5c(-c5ccc6ccc7ccccc7c6c5)c5ccccc45)cc3)cccc2c1. The molecule has 0 spiro atoms. The molecule has 0 aromatic heterocycles. The van der Waals surface area contributed by atoms with E-state index < -0.39 is 0 Å². The number of hydrogen-bond donors (Lipinski definition) is 0. The minimum atomic E-state index is 1.23. The first-order chi connectivity index (χ1) is 21.8. The Morgan fingerprint density at radius 3 is 1.27 bits per heavy atom. The van der Waals surface area contributed by atoms with Crippen molar-refractivity contribution in [3.05, 3.63) is 170 Å². The van der Waals surface area contributed by atoms with Crippen LogP contribution in [0.3, 0.4) is 0 Å². The fraction of sp³-hybridized carbons (Fsp3) is 0. The Bertz CT molecular complexity index is 2470. The smallest absolute Gasteiger partial charge is 0.00261 e. The number of fused-ring (bicyclic) bond motifs is 6. The molecule has 44 heavy (non-hydrogen) atoms. The van der Waals surface area contributed by atoms with E-state index >= 15 is 0 Å². The molecule has 9 aromatic rings. The Balaban J connectivity index is 1.28. The molecule has 9 rings (SSSR count). The van der Waals surface area contributed by atoms with Crippen LogP contribution in [0.2, 0.25) is 0 Å². The highest BCUT2D eigenvalue weighted by atomic mass is 14.2. The lowest BCUT2D eigenvalue weighted by Gasteiger charge is -2.18. The van der Waals surface area contributed by atoms with Gasteiger partial charge < -0.3 is 0 Å². The van der Waals surface area contributed by atoms with Gasteiger partial charge in [0.05, 0.1) is 0 Å². The lowest BCUT2D eigenvalue weighted by atomic mass is 9.85. The molecule has 204 valence electrons. The summed E-state index contributed by atoms with van der Waals surface area (Å²) in [4.78, 5) is 0. The van der Waals surface area contributed by atoms with E-state index in [2.05, 4.69) is 170 Å². The van der Waals surface area contributed by atoms with Crippen molar-refractivity contribution in [3.8, 4) is 33.4 Å². The summed E-state index contributed by atoms with van der Waals surface area (Å²) in [5.41, 5.74) is 7.57. The standard InChI is InChI=1S/C44H28/c1-3-13-35-29(10-1)12-9-19-36(35)31-22-25-33(26-23-31)43-38-15-5-7-17-40(38)44(41-18-8-6-16-39(41)43)34-27-24-32-21-20-30-11-2-4-14-37(30)42(32)28-34/h1-28H. The van der Waals surface area contributed by atoms with Crippen molar-refractivity contribution < 1.29 is 0 Å². The second-order valence-electron chi connectivity index (χ2n) is 11.7. The molecule has 0 unspecified atom stereocenters. The maximum absolute atomic E-state index is 2.39. The first-order valence-corrected chi connectivity index (χ1v) is 15.3. The minimum Gasteiger partial charge on any atom is -0.0616 e. The van der Waals surface area contributed by atoms with Gasteiger partial charge in [0.25, 0.3) is 0 Å². The van der Waals surface area contributed by atoms with Crippen LogP contribution in [0.5, 0.6) is 0 Å². The van der Waals surface area contributed by atoms with Gasteiger partial charge in [0, 0.05) is 0 Å². The molecule has 0 saturated carbocycles. The van der Waals surface area contributed by atoms with Gasteiger partial charge in [0.2, 0.25) is 0 Å². The molecule has 0 radical (unpaired) electrons. The van der Waals surface area contributed by atoms with Gasteiger partial charge >= 0.3 is 0 Å². The van der Waals surface area contributed by atoms with Gasteiger partial charge in [-0.05, 0) is 93.3 Å². The van der Waals surface area contributed by atoms with Crippen molar-refractivity contribution >= 4 is 53.9 Å². The third-order valence-corrected chi connectivity index (χ3v) is 9.24. The van der Waals surface area contributed by atoms with Crippen molar-refractivity contribution in [1.82, 2.24) is 0 Å². The van der Waals surface area contributed by atoms with E-state index in [1.165, 1.54) is 87.2 Å². The summed E-state index contributed by atoms with van der Waals surface area (Å²) in [5.74, 6) is 0. The van der Waals surface area contributed by atoms with E-state index in [1.807, 2.05) is 0 Å². The van der Waals surface area contributed by atoms with E-state index in [1.54, 1.807) is 0 Å². The van der Waals surface area contributed by atoms with Crippen LogP contribution in [0.15, 0.2) is 170 Å². The molecule has 0 aliphatic heterocycles. The van der Waals surface area contributed by atoms with E-state index in [0.717, 1.165) is 0 Å². The predicted octanol–water partition coefficient (Wildman–Crippen LogP) is 12.5. The molecule has 0 aliphatic rings. The fourth-order valence-electron chi connectivity index (χ4n) is 7.20. The summed E-state index contributed by atoms with van der Waals surface area (Å²) < 4.78 is 0. The zero-order valence-corrected chi connectivity index (χ0v) is 24.2. The van der Waals surface area contributed by atoms with E-state index in [0.29, 0.717) is 0 Å². The zero-order chi connectivity index (χ0) is 29.0. The maximum Gasteiger partial charge on any atom is -0.00261 e. The van der Waals surface area contributed by atoms with Gasteiger partial charge in [-0.15, -0.1) is 0 Å². The van der Waals surface area contributed by atoms with Crippen LogP contribution >= 0.6 is 0 Å². The van der Waals surface area contributed by atoms with Crippen LogP contribution in [0.4, 0.5) is 0 Å². The number of hydrogen-bond acceptors (Lipinski definition) is 0. The van der Waals surface area contributed by atoms with Crippen LogP contribution < -0.4 is 0 Å². The predicted molar refractivity (Wildman–Crippen MR) is 190 cm³/mol. The molecular weight excluding hydrogens is 528 g/mol. The first kappa shape index (κ1) is 24.8. The maximum atomic E-state index is 2.39. The summed E-state index contributed by atoms with van der Waals surface area (Å²) in [7, 11) is 0. The van der Waals surface area contributed by atoms with Gasteiger partial charge in [-0.2, -0.15) is 0 Å². The van der Waals surface area contributed by atoms with Crippen molar-refractivity contribution in [1.29, 1.82) is 0 Å². The molecule has 0 amide bonds. The van der Waals surface area contributed by atoms with Gasteiger partial charge in [-0.1, -0.05) is 164 Å². The summed E-state index contributed by atoms with van der Waals surface area (Å²) in [6.07, 6.45) is 0. The van der Waals surface area contributed by atoms with Crippen LogP contribution in [0, 0.1) is 0 Å².